The molecule has 0 spiro atoms. The molecule has 2 aliphatic heterocycles. The minimum atomic E-state index is 0.148. The third-order valence-electron chi connectivity index (χ3n) is 6.02. The molecule has 5 nitrogen and oxygen atoms in total. The first-order chi connectivity index (χ1) is 10.5. The molecule has 4 rings (SSSR count). The zero-order chi connectivity index (χ0) is 15.5. The van der Waals surface area contributed by atoms with E-state index in [2.05, 4.69) is 22.1 Å². The lowest BCUT2D eigenvalue weighted by Gasteiger charge is -2.39. The fraction of sp³-hybridized carbons (Fsp3) is 0.750. The Morgan fingerprint density at radius 3 is 2.95 bits per heavy atom. The Balaban J connectivity index is 1.72. The van der Waals surface area contributed by atoms with E-state index < -0.39 is 0 Å². The number of nitrogen functional groups attached to an aromatic ring is 1. The zero-order valence-electron chi connectivity index (χ0n) is 13.3. The third kappa shape index (κ3) is 1.93. The number of carbonyl (C=O) groups excluding carboxylic acids is 1. The summed E-state index contributed by atoms with van der Waals surface area (Å²) in [6.07, 6.45) is 5.99. The van der Waals surface area contributed by atoms with Gasteiger partial charge in [-0.2, -0.15) is 0 Å². The number of aromatic nitrogens is 1. The van der Waals surface area contributed by atoms with Gasteiger partial charge in [0.15, 0.2) is 5.13 Å². The van der Waals surface area contributed by atoms with Crippen LogP contribution in [0.25, 0.3) is 0 Å². The molecular formula is C16H24N4OS. The summed E-state index contributed by atoms with van der Waals surface area (Å²) in [5.41, 5.74) is 6.80. The van der Waals surface area contributed by atoms with E-state index in [-0.39, 0.29) is 11.3 Å². The number of hydrogen-bond donors (Lipinski definition) is 2. The molecule has 4 atom stereocenters. The highest BCUT2D eigenvalue weighted by Crippen LogP contribution is 2.51. The van der Waals surface area contributed by atoms with Gasteiger partial charge in [-0.25, -0.2) is 4.98 Å². The number of piperidine rings is 1. The number of amides is 1. The molecule has 1 aromatic rings. The summed E-state index contributed by atoms with van der Waals surface area (Å²) in [6, 6.07) is 1.23. The highest BCUT2D eigenvalue weighted by atomic mass is 32.1. The van der Waals surface area contributed by atoms with E-state index in [1.807, 2.05) is 6.92 Å². The van der Waals surface area contributed by atoms with E-state index in [4.69, 9.17) is 5.73 Å². The number of anilines is 1. The average molecular weight is 320 g/mol. The largest absolute Gasteiger partial charge is 0.375 e. The lowest BCUT2D eigenvalue weighted by Crippen LogP contribution is -2.51. The monoisotopic (exact) mass is 320 g/mol. The molecule has 3 heterocycles. The molecule has 0 unspecified atom stereocenters. The number of hydrogen-bond acceptors (Lipinski definition) is 5. The Kier molecular flexibility index (Phi) is 3.24. The summed E-state index contributed by atoms with van der Waals surface area (Å²) in [4.78, 5) is 20.3. The molecule has 1 saturated carbocycles. The molecule has 22 heavy (non-hydrogen) atoms. The number of carbonyl (C=O) groups is 1. The second-order valence-electron chi connectivity index (χ2n) is 7.30. The van der Waals surface area contributed by atoms with E-state index in [9.17, 15) is 4.79 Å². The Hall–Kier alpha value is -1.14. The molecule has 1 amide bonds. The van der Waals surface area contributed by atoms with Crippen molar-refractivity contribution in [2.45, 2.75) is 64.1 Å². The van der Waals surface area contributed by atoms with Crippen molar-refractivity contribution in [3.8, 4) is 0 Å². The Morgan fingerprint density at radius 1 is 1.45 bits per heavy atom. The van der Waals surface area contributed by atoms with Gasteiger partial charge in [-0.3, -0.25) is 4.79 Å². The molecule has 3 aliphatic rings. The SMILES string of the molecule is Cc1nc(N)sc1C(=O)N1[C@@H]2CN[C@@H]3CCCC[C@H]1[C@]3(C)C2. The number of thiazole rings is 1. The number of likely N-dealkylation sites (tertiary alicyclic amines) is 1. The Labute approximate surface area is 135 Å². The fourth-order valence-electron chi connectivity index (χ4n) is 5.00. The normalized spacial score (nSPS) is 37.2. The van der Waals surface area contributed by atoms with E-state index in [0.717, 1.165) is 30.0 Å². The van der Waals surface area contributed by atoms with Crippen LogP contribution in [0.3, 0.4) is 0 Å². The van der Waals surface area contributed by atoms with Crippen molar-refractivity contribution < 1.29 is 4.79 Å². The molecule has 2 bridgehead atoms. The first-order valence-corrected chi connectivity index (χ1v) is 9.11. The first kappa shape index (κ1) is 14.5. The smallest absolute Gasteiger partial charge is 0.266 e. The second-order valence-corrected chi connectivity index (χ2v) is 8.33. The molecule has 3 fully saturated rings. The molecule has 2 saturated heterocycles. The summed E-state index contributed by atoms with van der Waals surface area (Å²) < 4.78 is 0. The zero-order valence-corrected chi connectivity index (χ0v) is 14.1. The van der Waals surface area contributed by atoms with Crippen LogP contribution >= 0.6 is 11.3 Å². The maximum Gasteiger partial charge on any atom is 0.266 e. The van der Waals surface area contributed by atoms with Gasteiger partial charge >= 0.3 is 0 Å². The molecule has 1 aromatic heterocycles. The van der Waals surface area contributed by atoms with Gasteiger partial charge in [0.25, 0.3) is 5.91 Å². The molecule has 0 aromatic carbocycles. The van der Waals surface area contributed by atoms with Gasteiger partial charge < -0.3 is 16.0 Å². The molecule has 1 aliphatic carbocycles. The van der Waals surface area contributed by atoms with E-state index in [1.54, 1.807) is 0 Å². The van der Waals surface area contributed by atoms with Crippen molar-refractivity contribution in [3.63, 3.8) is 0 Å². The van der Waals surface area contributed by atoms with Crippen LogP contribution in [-0.4, -0.2) is 40.5 Å². The number of nitrogens with two attached hydrogens (primary N) is 1. The Bertz CT molecular complexity index is 615. The maximum atomic E-state index is 13.2. The fourth-order valence-corrected chi connectivity index (χ4v) is 5.78. The van der Waals surface area contributed by atoms with Crippen LogP contribution in [0, 0.1) is 12.3 Å². The predicted octanol–water partition coefficient (Wildman–Crippen LogP) is 2.17. The van der Waals surface area contributed by atoms with Crippen LogP contribution in [0.2, 0.25) is 0 Å². The predicted molar refractivity (Wildman–Crippen MR) is 88.0 cm³/mol. The van der Waals surface area contributed by atoms with Gasteiger partial charge in [0.2, 0.25) is 0 Å². The van der Waals surface area contributed by atoms with Gasteiger partial charge in [0, 0.05) is 30.1 Å². The average Bonchev–Trinajstić information content (AvgIpc) is 2.86. The van der Waals surface area contributed by atoms with Crippen molar-refractivity contribution in [3.05, 3.63) is 10.6 Å². The minimum absolute atomic E-state index is 0.148. The number of rotatable bonds is 1. The summed E-state index contributed by atoms with van der Waals surface area (Å²) in [5.74, 6) is 0.148. The molecule has 6 heteroatoms. The highest BCUT2D eigenvalue weighted by Gasteiger charge is 2.57. The molecule has 3 N–H and O–H groups in total. The first-order valence-electron chi connectivity index (χ1n) is 8.29. The van der Waals surface area contributed by atoms with E-state index in [1.165, 1.54) is 30.6 Å². The number of nitrogens with zero attached hydrogens (tertiary/aromatic N) is 2. The minimum Gasteiger partial charge on any atom is -0.375 e. The van der Waals surface area contributed by atoms with Crippen LogP contribution in [0.15, 0.2) is 0 Å². The van der Waals surface area contributed by atoms with Crippen molar-refractivity contribution in [1.29, 1.82) is 0 Å². The van der Waals surface area contributed by atoms with E-state index >= 15 is 0 Å². The van der Waals surface area contributed by atoms with Crippen molar-refractivity contribution >= 4 is 22.4 Å². The summed E-state index contributed by atoms with van der Waals surface area (Å²) >= 11 is 1.33. The summed E-state index contributed by atoms with van der Waals surface area (Å²) in [6.45, 7) is 5.20. The molecule has 120 valence electrons. The van der Waals surface area contributed by atoms with Gasteiger partial charge in [-0.1, -0.05) is 31.1 Å². The second kappa shape index (κ2) is 4.93. The third-order valence-corrected chi connectivity index (χ3v) is 7.00. The van der Waals surface area contributed by atoms with Gasteiger partial charge in [0.1, 0.15) is 4.88 Å². The van der Waals surface area contributed by atoms with Crippen molar-refractivity contribution in [2.75, 3.05) is 12.3 Å². The Morgan fingerprint density at radius 2 is 2.23 bits per heavy atom. The lowest BCUT2D eigenvalue weighted by molar-refractivity contribution is 0.0633. The topological polar surface area (TPSA) is 71.2 Å². The number of fused-ring (bicyclic) bond motifs is 1. The maximum absolute atomic E-state index is 13.2. The molecule has 0 radical (unpaired) electrons. The molecular weight excluding hydrogens is 296 g/mol. The standard InChI is InChI=1S/C16H24N4OS/c1-9-13(22-15(17)19-9)14(21)20-10-7-16(2)11(18-8-10)5-3-4-6-12(16)20/h10-12,18H,3-8H2,1-2H3,(H2,17,19)/t10-,11+,12-,16+/m0/s1. The van der Waals surface area contributed by atoms with Crippen molar-refractivity contribution in [2.24, 2.45) is 5.41 Å². The highest BCUT2D eigenvalue weighted by molar-refractivity contribution is 7.17. The van der Waals surface area contributed by atoms with Gasteiger partial charge in [-0.05, 0) is 26.2 Å². The number of nitrogens with one attached hydrogen (secondary N) is 1. The van der Waals surface area contributed by atoms with Crippen LogP contribution in [0.5, 0.6) is 0 Å². The van der Waals surface area contributed by atoms with Crippen LogP contribution < -0.4 is 11.1 Å². The quantitative estimate of drug-likeness (QED) is 0.832. The lowest BCUT2D eigenvalue weighted by atomic mass is 9.72. The summed E-state index contributed by atoms with van der Waals surface area (Å²) in [7, 11) is 0. The van der Waals surface area contributed by atoms with E-state index in [0.29, 0.717) is 23.3 Å². The number of aryl methyl sites for hydroxylation is 1. The van der Waals surface area contributed by atoms with Gasteiger partial charge in [-0.15, -0.1) is 0 Å². The van der Waals surface area contributed by atoms with Crippen LogP contribution in [0.1, 0.15) is 54.4 Å². The van der Waals surface area contributed by atoms with Crippen molar-refractivity contribution in [1.82, 2.24) is 15.2 Å². The summed E-state index contributed by atoms with van der Waals surface area (Å²) in [5, 5.41) is 4.21. The van der Waals surface area contributed by atoms with Gasteiger partial charge in [0.05, 0.1) is 5.69 Å². The van der Waals surface area contributed by atoms with Crippen LogP contribution in [0.4, 0.5) is 5.13 Å². The van der Waals surface area contributed by atoms with Crippen LogP contribution in [-0.2, 0) is 0 Å².